The van der Waals surface area contributed by atoms with Gasteiger partial charge in [-0.1, -0.05) is 6.92 Å². The van der Waals surface area contributed by atoms with E-state index in [-0.39, 0.29) is 10.9 Å². The van der Waals surface area contributed by atoms with Gasteiger partial charge >= 0.3 is 0 Å². The molecule has 0 bridgehead atoms. The van der Waals surface area contributed by atoms with E-state index in [0.717, 1.165) is 6.42 Å². The van der Waals surface area contributed by atoms with Crippen molar-refractivity contribution >= 4 is 21.6 Å². The fraction of sp³-hybridized carbons (Fsp3) is 0.625. The van der Waals surface area contributed by atoms with E-state index < -0.39 is 10.0 Å². The number of H-pyrrole nitrogens is 1. The molecule has 0 aromatic carbocycles. The number of alkyl halides is 1. The Balaban J connectivity index is 2.91. The Hall–Kier alpha value is -0.590. The molecular weight excluding hydrogens is 238 g/mol. The molecule has 0 atom stereocenters. The number of nitrogens with one attached hydrogen (secondary N) is 1. The first-order valence-electron chi connectivity index (χ1n) is 4.68. The molecule has 7 heteroatoms. The van der Waals surface area contributed by atoms with Crippen molar-refractivity contribution in [2.75, 3.05) is 19.0 Å². The van der Waals surface area contributed by atoms with Gasteiger partial charge in [0.05, 0.1) is 6.20 Å². The lowest BCUT2D eigenvalue weighted by Gasteiger charge is -2.19. The van der Waals surface area contributed by atoms with E-state index in [0.29, 0.717) is 13.1 Å². The average molecular weight is 252 g/mol. The van der Waals surface area contributed by atoms with E-state index in [1.54, 1.807) is 0 Å². The van der Waals surface area contributed by atoms with Gasteiger partial charge in [-0.15, -0.1) is 11.6 Å². The topological polar surface area (TPSA) is 66.1 Å². The minimum atomic E-state index is -3.45. The Morgan fingerprint density at radius 2 is 2.27 bits per heavy atom. The van der Waals surface area contributed by atoms with E-state index in [1.807, 2.05) is 6.92 Å². The fourth-order valence-corrected chi connectivity index (χ4v) is 2.96. The Morgan fingerprint density at radius 3 is 2.73 bits per heavy atom. The molecule has 0 saturated carbocycles. The molecule has 0 spiro atoms. The summed E-state index contributed by atoms with van der Waals surface area (Å²) in [6.45, 7) is 2.70. The standard InChI is InChI=1S/C8H14ClN3O2S/c1-2-6-12(7-4-9)15(13,14)8-3-5-10-11-8/h3,5H,2,4,6-7H2,1H3,(H,10,11). The SMILES string of the molecule is CCCN(CCCl)S(=O)(=O)c1ccn[nH]1. The number of nitrogens with zero attached hydrogens (tertiary/aromatic N) is 2. The number of hydrogen-bond donors (Lipinski definition) is 1. The average Bonchev–Trinajstić information content (AvgIpc) is 2.70. The maximum absolute atomic E-state index is 12.0. The predicted molar refractivity (Wildman–Crippen MR) is 58.4 cm³/mol. The summed E-state index contributed by atoms with van der Waals surface area (Å²) in [5, 5.41) is 6.19. The molecule has 15 heavy (non-hydrogen) atoms. The Bertz CT molecular complexity index is 371. The summed E-state index contributed by atoms with van der Waals surface area (Å²) in [4.78, 5) is 0. The van der Waals surface area contributed by atoms with Crippen molar-refractivity contribution in [3.05, 3.63) is 12.3 Å². The van der Waals surface area contributed by atoms with Gasteiger partial charge < -0.3 is 0 Å². The van der Waals surface area contributed by atoms with Crippen LogP contribution in [0.3, 0.4) is 0 Å². The Labute approximate surface area is 94.5 Å². The van der Waals surface area contributed by atoms with Crippen LogP contribution in [0.1, 0.15) is 13.3 Å². The monoisotopic (exact) mass is 251 g/mol. The van der Waals surface area contributed by atoms with E-state index in [9.17, 15) is 8.42 Å². The Morgan fingerprint density at radius 1 is 1.53 bits per heavy atom. The van der Waals surface area contributed by atoms with Crippen LogP contribution in [0.2, 0.25) is 0 Å². The quantitative estimate of drug-likeness (QED) is 0.769. The summed E-state index contributed by atoms with van der Waals surface area (Å²) in [5.41, 5.74) is 0. The smallest absolute Gasteiger partial charge is 0.260 e. The van der Waals surface area contributed by atoms with Crippen molar-refractivity contribution in [3.63, 3.8) is 0 Å². The first-order chi connectivity index (χ1) is 7.12. The van der Waals surface area contributed by atoms with Crippen molar-refractivity contribution in [2.24, 2.45) is 0 Å². The van der Waals surface area contributed by atoms with Crippen LogP contribution in [-0.2, 0) is 10.0 Å². The fourth-order valence-electron chi connectivity index (χ4n) is 1.22. The molecule has 1 N–H and O–H groups in total. The van der Waals surface area contributed by atoms with Crippen LogP contribution in [0.5, 0.6) is 0 Å². The second-order valence-corrected chi connectivity index (χ2v) is 5.30. The lowest BCUT2D eigenvalue weighted by Crippen LogP contribution is -2.33. The van der Waals surface area contributed by atoms with Crippen molar-refractivity contribution in [1.29, 1.82) is 0 Å². The zero-order valence-electron chi connectivity index (χ0n) is 8.48. The van der Waals surface area contributed by atoms with Crippen LogP contribution < -0.4 is 0 Å². The molecule has 0 fully saturated rings. The summed E-state index contributed by atoms with van der Waals surface area (Å²) in [6.07, 6.45) is 2.17. The lowest BCUT2D eigenvalue weighted by atomic mass is 10.5. The molecule has 5 nitrogen and oxygen atoms in total. The highest BCUT2D eigenvalue weighted by molar-refractivity contribution is 7.89. The zero-order valence-corrected chi connectivity index (χ0v) is 10.1. The van der Waals surface area contributed by atoms with Crippen molar-refractivity contribution in [2.45, 2.75) is 18.4 Å². The van der Waals surface area contributed by atoms with E-state index in [1.165, 1.54) is 16.6 Å². The lowest BCUT2D eigenvalue weighted by molar-refractivity contribution is 0.426. The van der Waals surface area contributed by atoms with Gasteiger partial charge in [0, 0.05) is 19.0 Å². The van der Waals surface area contributed by atoms with Crippen molar-refractivity contribution in [1.82, 2.24) is 14.5 Å². The van der Waals surface area contributed by atoms with Gasteiger partial charge in [0.1, 0.15) is 0 Å². The van der Waals surface area contributed by atoms with Gasteiger partial charge in [0.25, 0.3) is 10.0 Å². The molecule has 0 radical (unpaired) electrons. The highest BCUT2D eigenvalue weighted by atomic mass is 35.5. The van der Waals surface area contributed by atoms with Crippen LogP contribution in [-0.4, -0.2) is 41.9 Å². The molecule has 0 amide bonds. The third-order valence-corrected chi connectivity index (χ3v) is 3.90. The third kappa shape index (κ3) is 2.93. The minimum Gasteiger partial charge on any atom is -0.266 e. The summed E-state index contributed by atoms with van der Waals surface area (Å²) >= 11 is 5.57. The van der Waals surface area contributed by atoms with Gasteiger partial charge in [0.15, 0.2) is 5.03 Å². The van der Waals surface area contributed by atoms with E-state index in [2.05, 4.69) is 10.2 Å². The highest BCUT2D eigenvalue weighted by Gasteiger charge is 2.24. The van der Waals surface area contributed by atoms with Crippen molar-refractivity contribution in [3.8, 4) is 0 Å². The van der Waals surface area contributed by atoms with Gasteiger partial charge in [0.2, 0.25) is 0 Å². The maximum Gasteiger partial charge on any atom is 0.260 e. The summed E-state index contributed by atoms with van der Waals surface area (Å²) < 4.78 is 25.3. The molecule has 1 heterocycles. The van der Waals surface area contributed by atoms with Crippen LogP contribution in [0.25, 0.3) is 0 Å². The molecule has 0 saturated heterocycles. The van der Waals surface area contributed by atoms with Gasteiger partial charge in [-0.3, -0.25) is 5.10 Å². The largest absolute Gasteiger partial charge is 0.266 e. The van der Waals surface area contributed by atoms with Crippen LogP contribution >= 0.6 is 11.6 Å². The van der Waals surface area contributed by atoms with Crippen molar-refractivity contribution < 1.29 is 8.42 Å². The molecule has 1 rings (SSSR count). The molecule has 1 aromatic rings. The van der Waals surface area contributed by atoms with Crippen LogP contribution in [0.15, 0.2) is 17.3 Å². The number of rotatable bonds is 6. The highest BCUT2D eigenvalue weighted by Crippen LogP contribution is 2.12. The summed E-state index contributed by atoms with van der Waals surface area (Å²) in [6, 6.07) is 1.44. The van der Waals surface area contributed by atoms with E-state index >= 15 is 0 Å². The molecule has 0 aliphatic rings. The molecule has 0 aliphatic heterocycles. The normalized spacial score (nSPS) is 12.2. The molecule has 0 unspecified atom stereocenters. The summed E-state index contributed by atoms with van der Waals surface area (Å²) in [5.74, 6) is 0.285. The molecular formula is C8H14ClN3O2S. The van der Waals surface area contributed by atoms with Gasteiger partial charge in [-0.05, 0) is 12.5 Å². The number of aromatic amines is 1. The first-order valence-corrected chi connectivity index (χ1v) is 6.66. The summed E-state index contributed by atoms with van der Waals surface area (Å²) in [7, 11) is -3.45. The zero-order chi connectivity index (χ0) is 11.3. The molecule has 1 aromatic heterocycles. The molecule has 0 aliphatic carbocycles. The van der Waals surface area contributed by atoms with Crippen LogP contribution in [0, 0.1) is 0 Å². The first kappa shape index (κ1) is 12.5. The van der Waals surface area contributed by atoms with Crippen LogP contribution in [0.4, 0.5) is 0 Å². The number of hydrogen-bond acceptors (Lipinski definition) is 3. The van der Waals surface area contributed by atoms with Gasteiger partial charge in [-0.25, -0.2) is 8.42 Å². The number of sulfonamides is 1. The Kier molecular flexibility index (Phi) is 4.56. The van der Waals surface area contributed by atoms with E-state index in [4.69, 9.17) is 11.6 Å². The van der Waals surface area contributed by atoms with Gasteiger partial charge in [-0.2, -0.15) is 9.40 Å². The second-order valence-electron chi connectivity index (χ2n) is 3.01. The predicted octanol–water partition coefficient (Wildman–Crippen LogP) is 1.05. The third-order valence-electron chi connectivity index (χ3n) is 1.90. The molecule has 86 valence electrons. The maximum atomic E-state index is 12.0. The minimum absolute atomic E-state index is 0.112. The number of aromatic nitrogens is 2. The number of halogens is 1. The second kappa shape index (κ2) is 5.48.